The largest absolute Gasteiger partial charge is 0.494 e. The molecule has 0 saturated carbocycles. The van der Waals surface area contributed by atoms with Gasteiger partial charge < -0.3 is 14.7 Å². The number of carboxylic acids is 1. The minimum Gasteiger partial charge on any atom is -0.494 e. The maximum Gasteiger partial charge on any atom is 0.325 e. The van der Waals surface area contributed by atoms with Crippen LogP contribution in [0.4, 0.5) is 10.1 Å². The van der Waals surface area contributed by atoms with Crippen molar-refractivity contribution in [2.45, 2.75) is 13.0 Å². The fourth-order valence-corrected chi connectivity index (χ4v) is 4.77. The maximum absolute atomic E-state index is 13.5. The van der Waals surface area contributed by atoms with Gasteiger partial charge in [-0.15, -0.1) is 36.2 Å². The number of nitrogens with zero attached hydrogens (tertiary/aromatic N) is 4. The topological polar surface area (TPSA) is 70.8 Å². The number of aliphatic carboxylic acids is 1. The zero-order chi connectivity index (χ0) is 21.8. The zero-order valence-corrected chi connectivity index (χ0v) is 20.6. The number of anilines is 1. The molecule has 0 bridgehead atoms. The first-order valence-electron chi connectivity index (χ1n) is 10.2. The van der Waals surface area contributed by atoms with Crippen LogP contribution in [0.1, 0.15) is 5.56 Å². The summed E-state index contributed by atoms with van der Waals surface area (Å²) >= 11 is 1.59. The van der Waals surface area contributed by atoms with Crippen molar-refractivity contribution in [2.24, 2.45) is 0 Å². The van der Waals surface area contributed by atoms with Crippen LogP contribution < -0.4 is 9.64 Å². The highest BCUT2D eigenvalue weighted by molar-refractivity contribution is 7.13. The average molecular weight is 517 g/mol. The Labute approximate surface area is 208 Å². The van der Waals surface area contributed by atoms with E-state index in [0.717, 1.165) is 61.0 Å². The normalized spacial score (nSPS) is 13.8. The van der Waals surface area contributed by atoms with Gasteiger partial charge >= 0.3 is 5.97 Å². The van der Waals surface area contributed by atoms with Gasteiger partial charge in [-0.2, -0.15) is 5.10 Å². The molecule has 1 fully saturated rings. The summed E-state index contributed by atoms with van der Waals surface area (Å²) < 4.78 is 20.4. The maximum atomic E-state index is 13.5. The molecule has 3 aromatic rings. The quantitative estimate of drug-likeness (QED) is 0.486. The van der Waals surface area contributed by atoms with Crippen molar-refractivity contribution in [3.63, 3.8) is 0 Å². The summed E-state index contributed by atoms with van der Waals surface area (Å²) in [6, 6.07) is 8.62. The van der Waals surface area contributed by atoms with Gasteiger partial charge in [-0.25, -0.2) is 4.39 Å². The highest BCUT2D eigenvalue weighted by atomic mass is 35.5. The number of hydrogen-bond donors (Lipinski definition) is 1. The van der Waals surface area contributed by atoms with Crippen LogP contribution in [0.5, 0.6) is 5.75 Å². The Hall–Kier alpha value is -2.33. The van der Waals surface area contributed by atoms with E-state index in [4.69, 9.17) is 4.74 Å². The van der Waals surface area contributed by atoms with Gasteiger partial charge in [0.15, 0.2) is 0 Å². The standard InChI is InChI=1S/C22H25FN4O3S.2ClH/c1-30-19-13-17(23)4-5-18(19)26-10-8-25(9-11-26)7-6-16-14-24-27(15-21(28)29)22(16)20-3-2-12-31-20;;/h2-5,12-14H,6-11,15H2,1H3,(H,28,29);2*1H. The molecule has 0 aliphatic carbocycles. The smallest absolute Gasteiger partial charge is 0.325 e. The number of hydrogen-bond acceptors (Lipinski definition) is 6. The van der Waals surface area contributed by atoms with E-state index in [1.165, 1.54) is 12.1 Å². The molecule has 2 aromatic heterocycles. The Morgan fingerprint density at radius 1 is 1.21 bits per heavy atom. The lowest BCUT2D eigenvalue weighted by molar-refractivity contribution is -0.137. The van der Waals surface area contributed by atoms with Gasteiger partial charge in [-0.1, -0.05) is 6.07 Å². The minimum atomic E-state index is -0.903. The van der Waals surface area contributed by atoms with Crippen molar-refractivity contribution in [3.8, 4) is 16.3 Å². The van der Waals surface area contributed by atoms with E-state index in [9.17, 15) is 14.3 Å². The summed E-state index contributed by atoms with van der Waals surface area (Å²) in [5, 5.41) is 15.5. The number of halogens is 3. The number of carboxylic acid groups (broad SMARTS) is 1. The molecule has 7 nitrogen and oxygen atoms in total. The SMILES string of the molecule is COc1cc(F)ccc1N1CCN(CCc2cnn(CC(=O)O)c2-c2cccs2)CC1.Cl.Cl. The molecule has 0 amide bonds. The molecule has 0 radical (unpaired) electrons. The molecule has 3 heterocycles. The lowest BCUT2D eigenvalue weighted by Gasteiger charge is -2.36. The second-order valence-corrected chi connectivity index (χ2v) is 8.39. The molecular weight excluding hydrogens is 490 g/mol. The summed E-state index contributed by atoms with van der Waals surface area (Å²) in [4.78, 5) is 16.9. The second-order valence-electron chi connectivity index (χ2n) is 7.44. The van der Waals surface area contributed by atoms with Crippen molar-refractivity contribution >= 4 is 47.8 Å². The van der Waals surface area contributed by atoms with Gasteiger partial charge in [0, 0.05) is 44.4 Å². The van der Waals surface area contributed by atoms with Crippen molar-refractivity contribution in [2.75, 3.05) is 44.7 Å². The van der Waals surface area contributed by atoms with E-state index in [-0.39, 0.29) is 37.2 Å². The number of aromatic nitrogens is 2. The number of carbonyl (C=O) groups is 1. The predicted octanol–water partition coefficient (Wildman–Crippen LogP) is 4.05. The third-order valence-electron chi connectivity index (χ3n) is 5.51. The summed E-state index contributed by atoms with van der Waals surface area (Å²) in [5.74, 6) is -0.649. The highest BCUT2D eigenvalue weighted by Crippen LogP contribution is 2.31. The summed E-state index contributed by atoms with van der Waals surface area (Å²) in [6.07, 6.45) is 2.59. The van der Waals surface area contributed by atoms with E-state index in [1.807, 2.05) is 17.5 Å². The first kappa shape index (κ1) is 26.9. The molecule has 180 valence electrons. The van der Waals surface area contributed by atoms with Gasteiger partial charge in [-0.3, -0.25) is 14.4 Å². The van der Waals surface area contributed by atoms with Crippen LogP contribution in [0.25, 0.3) is 10.6 Å². The van der Waals surface area contributed by atoms with Crippen LogP contribution in [0.15, 0.2) is 41.9 Å². The highest BCUT2D eigenvalue weighted by Gasteiger charge is 2.21. The van der Waals surface area contributed by atoms with Crippen molar-refractivity contribution in [1.82, 2.24) is 14.7 Å². The number of rotatable bonds is 8. The Bertz CT molecular complexity index is 1040. The molecule has 1 aliphatic heterocycles. The number of methoxy groups -OCH3 is 1. The number of benzene rings is 1. The molecule has 33 heavy (non-hydrogen) atoms. The summed E-state index contributed by atoms with van der Waals surface area (Å²) in [7, 11) is 1.56. The van der Waals surface area contributed by atoms with Gasteiger partial charge in [-0.05, 0) is 30.0 Å². The predicted molar refractivity (Wildman–Crippen MR) is 133 cm³/mol. The molecule has 0 spiro atoms. The zero-order valence-electron chi connectivity index (χ0n) is 18.1. The first-order chi connectivity index (χ1) is 15.0. The average Bonchev–Trinajstić information content (AvgIpc) is 3.42. The number of ether oxygens (including phenoxy) is 1. The van der Waals surface area contributed by atoms with Gasteiger partial charge in [0.1, 0.15) is 18.1 Å². The minimum absolute atomic E-state index is 0. The fourth-order valence-electron chi connectivity index (χ4n) is 3.96. The molecule has 11 heteroatoms. The molecule has 1 aliphatic rings. The monoisotopic (exact) mass is 516 g/mol. The van der Waals surface area contributed by atoms with Crippen molar-refractivity contribution < 1.29 is 19.0 Å². The van der Waals surface area contributed by atoms with Crippen LogP contribution in [0, 0.1) is 5.82 Å². The summed E-state index contributed by atoms with van der Waals surface area (Å²) in [6.45, 7) is 4.16. The molecule has 1 aromatic carbocycles. The Morgan fingerprint density at radius 2 is 1.97 bits per heavy atom. The number of thiophene rings is 1. The fraction of sp³-hybridized carbons (Fsp3) is 0.364. The Kier molecular flexibility index (Phi) is 9.97. The van der Waals surface area contributed by atoms with Gasteiger partial charge in [0.2, 0.25) is 0 Å². The van der Waals surface area contributed by atoms with E-state index in [2.05, 4.69) is 14.9 Å². The van der Waals surface area contributed by atoms with Gasteiger partial charge in [0.25, 0.3) is 0 Å². The van der Waals surface area contributed by atoms with E-state index < -0.39 is 5.97 Å². The second kappa shape index (κ2) is 12.2. The van der Waals surface area contributed by atoms with Gasteiger partial charge in [0.05, 0.1) is 29.6 Å². The van der Waals surface area contributed by atoms with Crippen LogP contribution in [-0.4, -0.2) is 65.6 Å². The van der Waals surface area contributed by atoms with Crippen LogP contribution in [-0.2, 0) is 17.8 Å². The molecule has 0 unspecified atom stereocenters. The van der Waals surface area contributed by atoms with Crippen LogP contribution >= 0.6 is 36.2 Å². The third-order valence-corrected chi connectivity index (χ3v) is 6.38. The number of piperazine rings is 1. The lowest BCUT2D eigenvalue weighted by atomic mass is 10.1. The molecule has 1 saturated heterocycles. The first-order valence-corrected chi connectivity index (χ1v) is 11.0. The van der Waals surface area contributed by atoms with Crippen LogP contribution in [0.3, 0.4) is 0 Å². The third kappa shape index (κ3) is 6.38. The van der Waals surface area contributed by atoms with E-state index >= 15 is 0 Å². The molecule has 4 rings (SSSR count). The Balaban J connectivity index is 0.00000193. The summed E-state index contributed by atoms with van der Waals surface area (Å²) in [5.41, 5.74) is 2.87. The van der Waals surface area contributed by atoms with E-state index in [0.29, 0.717) is 5.75 Å². The molecule has 0 atom stereocenters. The Morgan fingerprint density at radius 3 is 2.61 bits per heavy atom. The molecular formula is C22H27Cl2FN4O3S. The van der Waals surface area contributed by atoms with Crippen molar-refractivity contribution in [1.29, 1.82) is 0 Å². The van der Waals surface area contributed by atoms with E-state index in [1.54, 1.807) is 35.4 Å². The molecule has 1 N–H and O–H groups in total. The van der Waals surface area contributed by atoms with Crippen molar-refractivity contribution in [3.05, 3.63) is 53.3 Å². The lowest BCUT2D eigenvalue weighted by Crippen LogP contribution is -2.47. The van der Waals surface area contributed by atoms with Crippen LogP contribution in [0.2, 0.25) is 0 Å².